The van der Waals surface area contributed by atoms with Crippen LogP contribution in [0.4, 0.5) is 0 Å². The zero-order valence-electron chi connectivity index (χ0n) is 18.5. The van der Waals surface area contributed by atoms with Crippen LogP contribution in [0.1, 0.15) is 54.5 Å². The van der Waals surface area contributed by atoms with E-state index in [0.29, 0.717) is 25.4 Å². The number of fused-ring (bicyclic) bond motifs is 1. The highest BCUT2D eigenvalue weighted by Crippen LogP contribution is 2.28. The van der Waals surface area contributed by atoms with Crippen LogP contribution in [0.15, 0.2) is 53.9 Å². The van der Waals surface area contributed by atoms with Crippen molar-refractivity contribution in [3.05, 3.63) is 69.9 Å². The molecule has 2 aromatic rings. The van der Waals surface area contributed by atoms with Crippen molar-refractivity contribution in [2.45, 2.75) is 70.1 Å². The first-order valence-corrected chi connectivity index (χ1v) is 12.6. The number of amides is 2. The predicted octanol–water partition coefficient (Wildman–Crippen LogP) is 4.17. The second-order valence-electron chi connectivity index (χ2n) is 9.07. The first-order valence-electron chi connectivity index (χ1n) is 11.7. The van der Waals surface area contributed by atoms with Gasteiger partial charge in [-0.05, 0) is 34.9 Å². The normalized spacial score (nSPS) is 18.5. The Morgan fingerprint density at radius 3 is 2.47 bits per heavy atom. The highest BCUT2D eigenvalue weighted by atomic mass is 32.1. The number of carbonyl (C=O) groups excluding carboxylic acids is 2. The van der Waals surface area contributed by atoms with Gasteiger partial charge in [0.25, 0.3) is 0 Å². The van der Waals surface area contributed by atoms with Crippen molar-refractivity contribution in [2.24, 2.45) is 11.7 Å². The number of hydrogen-bond donors (Lipinski definition) is 2. The van der Waals surface area contributed by atoms with E-state index in [1.807, 2.05) is 40.6 Å². The van der Waals surface area contributed by atoms with E-state index in [1.165, 1.54) is 43.2 Å². The molecule has 32 heavy (non-hydrogen) atoms. The first-order chi connectivity index (χ1) is 15.6. The van der Waals surface area contributed by atoms with Gasteiger partial charge < -0.3 is 16.0 Å². The summed E-state index contributed by atoms with van der Waals surface area (Å²) in [5, 5.41) is 5.12. The quantitative estimate of drug-likeness (QED) is 0.592. The van der Waals surface area contributed by atoms with Crippen molar-refractivity contribution >= 4 is 23.2 Å². The molecule has 1 aliphatic carbocycles. The van der Waals surface area contributed by atoms with Gasteiger partial charge in [-0.2, -0.15) is 0 Å². The molecule has 0 saturated heterocycles. The number of hydrogen-bond acceptors (Lipinski definition) is 4. The number of nitrogens with two attached hydrogens (primary N) is 1. The third-order valence-corrected chi connectivity index (χ3v) is 7.50. The van der Waals surface area contributed by atoms with Crippen LogP contribution >= 0.6 is 11.3 Å². The fraction of sp³-hybridized carbons (Fsp3) is 0.462. The fourth-order valence-electron chi connectivity index (χ4n) is 4.79. The Morgan fingerprint density at radius 2 is 1.81 bits per heavy atom. The summed E-state index contributed by atoms with van der Waals surface area (Å²) in [5.41, 5.74) is 8.61. The lowest BCUT2D eigenvalue weighted by atomic mass is 9.84. The van der Waals surface area contributed by atoms with Crippen LogP contribution < -0.4 is 11.1 Å². The Labute approximate surface area is 194 Å². The second kappa shape index (κ2) is 10.9. The summed E-state index contributed by atoms with van der Waals surface area (Å²) in [6, 6.07) is 11.4. The predicted molar refractivity (Wildman–Crippen MR) is 129 cm³/mol. The smallest absolute Gasteiger partial charge is 0.246 e. The lowest BCUT2D eigenvalue weighted by molar-refractivity contribution is -0.127. The van der Waals surface area contributed by atoms with Gasteiger partial charge in [0.2, 0.25) is 11.8 Å². The zero-order valence-corrected chi connectivity index (χ0v) is 19.4. The van der Waals surface area contributed by atoms with Gasteiger partial charge in [-0.15, -0.1) is 11.3 Å². The molecule has 2 atom stereocenters. The number of thiophene rings is 1. The monoisotopic (exact) mass is 451 g/mol. The molecule has 2 amide bonds. The Kier molecular flexibility index (Phi) is 7.76. The number of rotatable bonds is 8. The van der Waals surface area contributed by atoms with E-state index in [4.69, 9.17) is 5.73 Å². The van der Waals surface area contributed by atoms with E-state index in [2.05, 4.69) is 17.4 Å². The van der Waals surface area contributed by atoms with Gasteiger partial charge in [0.05, 0.1) is 6.04 Å². The maximum atomic E-state index is 12.8. The Bertz CT molecular complexity index is 909. The first kappa shape index (κ1) is 22.7. The van der Waals surface area contributed by atoms with E-state index in [0.717, 1.165) is 11.3 Å². The van der Waals surface area contributed by atoms with E-state index in [1.54, 1.807) is 17.4 Å². The molecule has 2 heterocycles. The largest absolute Gasteiger partial charge is 0.349 e. The molecule has 0 unspecified atom stereocenters. The van der Waals surface area contributed by atoms with E-state index < -0.39 is 6.04 Å². The highest BCUT2D eigenvalue weighted by Gasteiger charge is 2.24. The molecule has 1 aromatic heterocycles. The summed E-state index contributed by atoms with van der Waals surface area (Å²) >= 11 is 1.61. The molecule has 1 aliphatic heterocycles. The Morgan fingerprint density at radius 1 is 1.09 bits per heavy atom. The van der Waals surface area contributed by atoms with Crippen LogP contribution in [-0.4, -0.2) is 28.8 Å². The maximum absolute atomic E-state index is 12.8. The molecule has 1 aromatic carbocycles. The molecule has 4 rings (SSSR count). The SMILES string of the molecule is N[C@@H](Cc1cccs1)C(=O)N[C@H](C=CC(=O)N1Cc2ccccc2C1)CC1CCCCC1. The molecular weight excluding hydrogens is 418 g/mol. The maximum Gasteiger partial charge on any atom is 0.246 e. The second-order valence-corrected chi connectivity index (χ2v) is 10.1. The fourth-order valence-corrected chi connectivity index (χ4v) is 5.55. The summed E-state index contributed by atoms with van der Waals surface area (Å²) in [4.78, 5) is 28.6. The summed E-state index contributed by atoms with van der Waals surface area (Å²) < 4.78 is 0. The van der Waals surface area contributed by atoms with Crippen molar-refractivity contribution in [2.75, 3.05) is 0 Å². The minimum absolute atomic E-state index is 0.00743. The van der Waals surface area contributed by atoms with Gasteiger partial charge in [-0.1, -0.05) is 68.5 Å². The molecule has 1 fully saturated rings. The molecule has 2 aliphatic rings. The van der Waals surface area contributed by atoms with Crippen LogP contribution in [0, 0.1) is 5.92 Å². The van der Waals surface area contributed by atoms with Crippen molar-refractivity contribution in [1.82, 2.24) is 10.2 Å². The third kappa shape index (κ3) is 6.08. The average Bonchev–Trinajstić information content (AvgIpc) is 3.47. The van der Waals surface area contributed by atoms with Gasteiger partial charge in [-0.3, -0.25) is 9.59 Å². The molecule has 0 radical (unpaired) electrons. The lowest BCUT2D eigenvalue weighted by Gasteiger charge is -2.26. The van der Waals surface area contributed by atoms with Gasteiger partial charge in [-0.25, -0.2) is 0 Å². The molecule has 5 nitrogen and oxygen atoms in total. The molecule has 0 bridgehead atoms. The van der Waals surface area contributed by atoms with E-state index in [-0.39, 0.29) is 17.9 Å². The van der Waals surface area contributed by atoms with E-state index in [9.17, 15) is 9.59 Å². The topological polar surface area (TPSA) is 75.4 Å². The van der Waals surface area contributed by atoms with Crippen LogP contribution in [0.25, 0.3) is 0 Å². The summed E-state index contributed by atoms with van der Waals surface area (Å²) in [5.74, 6) is 0.426. The molecule has 6 heteroatoms. The molecule has 3 N–H and O–H groups in total. The zero-order chi connectivity index (χ0) is 22.3. The number of benzene rings is 1. The molecule has 1 saturated carbocycles. The summed E-state index contributed by atoms with van der Waals surface area (Å²) in [7, 11) is 0. The minimum Gasteiger partial charge on any atom is -0.349 e. The van der Waals surface area contributed by atoms with Crippen LogP contribution in [-0.2, 0) is 29.1 Å². The number of nitrogens with one attached hydrogen (secondary N) is 1. The molecule has 0 spiro atoms. The van der Waals surface area contributed by atoms with Gasteiger partial charge in [0.15, 0.2) is 0 Å². The molecule has 170 valence electrons. The van der Waals surface area contributed by atoms with Gasteiger partial charge in [0.1, 0.15) is 0 Å². The van der Waals surface area contributed by atoms with E-state index >= 15 is 0 Å². The van der Waals surface area contributed by atoms with Crippen LogP contribution in [0.3, 0.4) is 0 Å². The Hall–Kier alpha value is -2.44. The van der Waals surface area contributed by atoms with Crippen molar-refractivity contribution in [3.63, 3.8) is 0 Å². The number of carbonyl (C=O) groups is 2. The third-order valence-electron chi connectivity index (χ3n) is 6.60. The van der Waals surface area contributed by atoms with Gasteiger partial charge >= 0.3 is 0 Å². The summed E-state index contributed by atoms with van der Waals surface area (Å²) in [6.07, 6.45) is 11.1. The van der Waals surface area contributed by atoms with Crippen molar-refractivity contribution < 1.29 is 9.59 Å². The highest BCUT2D eigenvalue weighted by molar-refractivity contribution is 7.09. The number of nitrogens with zero attached hydrogens (tertiary/aromatic N) is 1. The standard InChI is InChI=1S/C26H33N3O2S/c27-24(16-23-11-6-14-32-23)26(31)28-22(15-19-7-2-1-3-8-19)12-13-25(30)29-17-20-9-4-5-10-21(20)18-29/h4-6,9-14,19,22,24H,1-3,7-8,15-18,27H2,(H,28,31)/t22-,24+/m1/s1. The van der Waals surface area contributed by atoms with Crippen LogP contribution in [0.5, 0.6) is 0 Å². The van der Waals surface area contributed by atoms with Crippen LogP contribution in [0.2, 0.25) is 0 Å². The Balaban J connectivity index is 1.38. The summed E-state index contributed by atoms with van der Waals surface area (Å²) in [6.45, 7) is 1.29. The molecular formula is C26H33N3O2S. The minimum atomic E-state index is -0.584. The van der Waals surface area contributed by atoms with Crippen molar-refractivity contribution in [3.8, 4) is 0 Å². The van der Waals surface area contributed by atoms with Crippen molar-refractivity contribution in [1.29, 1.82) is 0 Å². The van der Waals surface area contributed by atoms with Gasteiger partial charge in [0, 0.05) is 36.5 Å². The average molecular weight is 452 g/mol. The lowest BCUT2D eigenvalue weighted by Crippen LogP contribution is -2.46.